The molecule has 146 valence electrons. The van der Waals surface area contributed by atoms with Gasteiger partial charge in [0.2, 0.25) is 0 Å². The minimum Gasteiger partial charge on any atom is -0.496 e. The maximum atomic E-state index is 12.5. The van der Waals surface area contributed by atoms with E-state index in [1.54, 1.807) is 30.6 Å². The van der Waals surface area contributed by atoms with E-state index in [-0.39, 0.29) is 5.91 Å². The van der Waals surface area contributed by atoms with Crippen LogP contribution in [-0.2, 0) is 17.9 Å². The Morgan fingerprint density at radius 1 is 1.18 bits per heavy atom. The highest BCUT2D eigenvalue weighted by Crippen LogP contribution is 2.22. The number of aromatic nitrogens is 1. The topological polar surface area (TPSA) is 60.5 Å². The number of aryl methyl sites for hydroxylation is 1. The summed E-state index contributed by atoms with van der Waals surface area (Å²) >= 11 is 1.64. The van der Waals surface area contributed by atoms with Crippen molar-refractivity contribution in [2.24, 2.45) is 0 Å². The van der Waals surface area contributed by atoms with Gasteiger partial charge in [-0.25, -0.2) is 4.98 Å². The van der Waals surface area contributed by atoms with Crippen LogP contribution < -0.4 is 10.1 Å². The first kappa shape index (κ1) is 20.0. The number of ether oxygens (including phenoxy) is 2. The van der Waals surface area contributed by atoms with Crippen LogP contribution in [-0.4, -0.2) is 24.6 Å². The fourth-order valence-corrected chi connectivity index (χ4v) is 3.44. The number of carbonyl (C=O) groups is 1. The second kappa shape index (κ2) is 9.48. The predicted octanol–water partition coefficient (Wildman–Crippen LogP) is 4.59. The molecule has 0 saturated heterocycles. The summed E-state index contributed by atoms with van der Waals surface area (Å²) in [6.45, 7) is 5.41. The number of methoxy groups -OCH3 is 1. The molecular formula is C22H24N2O3S. The van der Waals surface area contributed by atoms with Crippen molar-refractivity contribution in [3.8, 4) is 17.0 Å². The van der Waals surface area contributed by atoms with E-state index in [1.807, 2.05) is 44.2 Å². The van der Waals surface area contributed by atoms with Crippen LogP contribution in [0, 0.1) is 6.92 Å². The minimum absolute atomic E-state index is 0.125. The van der Waals surface area contributed by atoms with Gasteiger partial charge in [-0.3, -0.25) is 4.79 Å². The number of hydrogen-bond donors (Lipinski definition) is 1. The summed E-state index contributed by atoms with van der Waals surface area (Å²) in [5, 5.41) is 6.07. The first-order chi connectivity index (χ1) is 13.6. The zero-order valence-corrected chi connectivity index (χ0v) is 17.1. The standard InChI is InChI=1S/C22H24N2O3S/c1-4-27-13-19-11-18(9-10-21(19)26-3)22(25)23-12-16-5-7-17(8-6-16)20-14-28-15(2)24-20/h5-11,14H,4,12-13H2,1-3H3,(H,23,25). The molecule has 0 spiro atoms. The van der Waals surface area contributed by atoms with Crippen molar-refractivity contribution in [3.63, 3.8) is 0 Å². The lowest BCUT2D eigenvalue weighted by molar-refractivity contribution is 0.0950. The van der Waals surface area contributed by atoms with E-state index in [9.17, 15) is 4.79 Å². The van der Waals surface area contributed by atoms with Crippen LogP contribution in [0.5, 0.6) is 5.75 Å². The van der Waals surface area contributed by atoms with Crippen molar-refractivity contribution in [1.29, 1.82) is 0 Å². The maximum Gasteiger partial charge on any atom is 0.251 e. The summed E-state index contributed by atoms with van der Waals surface area (Å²) in [4.78, 5) is 17.0. The Labute approximate surface area is 169 Å². The highest BCUT2D eigenvalue weighted by atomic mass is 32.1. The van der Waals surface area contributed by atoms with Gasteiger partial charge in [-0.15, -0.1) is 11.3 Å². The zero-order valence-electron chi connectivity index (χ0n) is 16.3. The number of hydrogen-bond acceptors (Lipinski definition) is 5. The van der Waals surface area contributed by atoms with Crippen LogP contribution in [0.15, 0.2) is 47.8 Å². The van der Waals surface area contributed by atoms with Gasteiger partial charge >= 0.3 is 0 Å². The van der Waals surface area contributed by atoms with Gasteiger partial charge in [-0.1, -0.05) is 24.3 Å². The molecule has 3 rings (SSSR count). The predicted molar refractivity (Wildman–Crippen MR) is 112 cm³/mol. The van der Waals surface area contributed by atoms with Gasteiger partial charge < -0.3 is 14.8 Å². The van der Waals surface area contributed by atoms with E-state index in [0.717, 1.165) is 33.1 Å². The van der Waals surface area contributed by atoms with Gasteiger partial charge in [0.25, 0.3) is 5.91 Å². The molecule has 0 aliphatic carbocycles. The van der Waals surface area contributed by atoms with Crippen molar-refractivity contribution < 1.29 is 14.3 Å². The Bertz CT molecular complexity index is 935. The monoisotopic (exact) mass is 396 g/mol. The molecule has 0 radical (unpaired) electrons. The molecule has 0 saturated carbocycles. The second-order valence-corrected chi connectivity index (χ2v) is 7.36. The Morgan fingerprint density at radius 2 is 1.96 bits per heavy atom. The number of benzene rings is 2. The molecule has 6 heteroatoms. The molecule has 1 amide bonds. The fraction of sp³-hybridized carbons (Fsp3) is 0.273. The molecule has 0 fully saturated rings. The Balaban J connectivity index is 1.63. The molecule has 0 unspecified atom stereocenters. The molecule has 28 heavy (non-hydrogen) atoms. The van der Waals surface area contributed by atoms with E-state index in [2.05, 4.69) is 15.7 Å². The van der Waals surface area contributed by atoms with Crippen molar-refractivity contribution in [3.05, 3.63) is 69.5 Å². The molecule has 3 aromatic rings. The quantitative estimate of drug-likeness (QED) is 0.605. The SMILES string of the molecule is CCOCc1cc(C(=O)NCc2ccc(-c3csc(C)n3)cc2)ccc1OC. The largest absolute Gasteiger partial charge is 0.496 e. The lowest BCUT2D eigenvalue weighted by atomic mass is 10.1. The normalized spacial score (nSPS) is 10.7. The molecule has 1 aromatic heterocycles. The summed E-state index contributed by atoms with van der Waals surface area (Å²) in [6.07, 6.45) is 0. The molecular weight excluding hydrogens is 372 g/mol. The molecule has 0 aliphatic heterocycles. The maximum absolute atomic E-state index is 12.5. The van der Waals surface area contributed by atoms with Crippen LogP contribution >= 0.6 is 11.3 Å². The van der Waals surface area contributed by atoms with Crippen LogP contribution in [0.4, 0.5) is 0 Å². The van der Waals surface area contributed by atoms with Gasteiger partial charge in [0.1, 0.15) is 5.75 Å². The molecule has 5 nitrogen and oxygen atoms in total. The number of rotatable bonds is 8. The third kappa shape index (κ3) is 4.97. The summed E-state index contributed by atoms with van der Waals surface area (Å²) in [6, 6.07) is 13.5. The second-order valence-electron chi connectivity index (χ2n) is 6.30. The Hall–Kier alpha value is -2.70. The zero-order chi connectivity index (χ0) is 19.9. The third-order valence-corrected chi connectivity index (χ3v) is 5.10. The number of carbonyl (C=O) groups excluding carboxylic acids is 1. The lowest BCUT2D eigenvalue weighted by Gasteiger charge is -2.11. The third-order valence-electron chi connectivity index (χ3n) is 4.33. The van der Waals surface area contributed by atoms with Gasteiger partial charge in [-0.05, 0) is 37.6 Å². The smallest absolute Gasteiger partial charge is 0.251 e. The minimum atomic E-state index is -0.125. The summed E-state index contributed by atoms with van der Waals surface area (Å²) in [5.41, 5.74) is 4.55. The van der Waals surface area contributed by atoms with Crippen molar-refractivity contribution in [2.75, 3.05) is 13.7 Å². The Kier molecular flexibility index (Phi) is 6.79. The average molecular weight is 397 g/mol. The summed E-state index contributed by atoms with van der Waals surface area (Å²) in [5.74, 6) is 0.595. The molecule has 0 bridgehead atoms. The molecule has 1 N–H and O–H groups in total. The first-order valence-corrected chi connectivity index (χ1v) is 10.0. The van der Waals surface area contributed by atoms with Crippen molar-refractivity contribution in [1.82, 2.24) is 10.3 Å². The van der Waals surface area contributed by atoms with Crippen LogP contribution in [0.1, 0.15) is 33.4 Å². The molecule has 2 aromatic carbocycles. The molecule has 0 aliphatic rings. The number of nitrogens with one attached hydrogen (secondary N) is 1. The van der Waals surface area contributed by atoms with Gasteiger partial charge in [0, 0.05) is 35.2 Å². The summed E-state index contributed by atoms with van der Waals surface area (Å²) < 4.78 is 10.8. The van der Waals surface area contributed by atoms with Crippen LogP contribution in [0.3, 0.4) is 0 Å². The van der Waals surface area contributed by atoms with Crippen LogP contribution in [0.25, 0.3) is 11.3 Å². The molecule has 1 heterocycles. The average Bonchev–Trinajstić information content (AvgIpc) is 3.16. The van der Waals surface area contributed by atoms with Crippen molar-refractivity contribution >= 4 is 17.2 Å². The van der Waals surface area contributed by atoms with E-state index >= 15 is 0 Å². The fourth-order valence-electron chi connectivity index (χ4n) is 2.82. The molecule has 0 atom stereocenters. The van der Waals surface area contributed by atoms with Gasteiger partial charge in [0.05, 0.1) is 24.4 Å². The van der Waals surface area contributed by atoms with Gasteiger partial charge in [0.15, 0.2) is 0 Å². The van der Waals surface area contributed by atoms with Gasteiger partial charge in [-0.2, -0.15) is 0 Å². The van der Waals surface area contributed by atoms with E-state index in [1.165, 1.54) is 0 Å². The van der Waals surface area contributed by atoms with Crippen molar-refractivity contribution in [2.45, 2.75) is 27.0 Å². The van der Waals surface area contributed by atoms with E-state index in [0.29, 0.717) is 25.3 Å². The highest BCUT2D eigenvalue weighted by Gasteiger charge is 2.11. The lowest BCUT2D eigenvalue weighted by Crippen LogP contribution is -2.23. The van der Waals surface area contributed by atoms with Crippen LogP contribution in [0.2, 0.25) is 0 Å². The summed E-state index contributed by atoms with van der Waals surface area (Å²) in [7, 11) is 1.61. The first-order valence-electron chi connectivity index (χ1n) is 9.15. The highest BCUT2D eigenvalue weighted by molar-refractivity contribution is 7.09. The number of amides is 1. The number of nitrogens with zero attached hydrogens (tertiary/aromatic N) is 1. The Morgan fingerprint density at radius 3 is 2.61 bits per heavy atom. The van der Waals surface area contributed by atoms with E-state index in [4.69, 9.17) is 9.47 Å². The number of thiazole rings is 1. The van der Waals surface area contributed by atoms with E-state index < -0.39 is 0 Å².